The van der Waals surface area contributed by atoms with Crippen LogP contribution < -0.4 is 0 Å². The van der Waals surface area contributed by atoms with Crippen LogP contribution in [0, 0.1) is 0 Å². The van der Waals surface area contributed by atoms with Crippen molar-refractivity contribution >= 4 is 15.9 Å². The molecule has 3 rings (SSSR count). The lowest BCUT2D eigenvalue weighted by molar-refractivity contribution is 0.219. The molecule has 0 spiro atoms. The molecule has 0 aliphatic heterocycles. The predicted molar refractivity (Wildman–Crippen MR) is 83.1 cm³/mol. The summed E-state index contributed by atoms with van der Waals surface area (Å²) in [6, 6.07) is 8.18. The first-order chi connectivity index (χ1) is 11.1. The van der Waals surface area contributed by atoms with Gasteiger partial charge < -0.3 is 10.1 Å². The second-order valence-corrected chi connectivity index (χ2v) is 6.68. The standard InChI is InChI=1S/C15H14N4O3S/c20-13(15-17-10-18-19-15)7-6-11-8-16-9-14(11)23(21,22)12-4-2-1-3-5-12/h1-10,13,16,20H,(H,17,18,19). The summed E-state index contributed by atoms with van der Waals surface area (Å²) in [5, 5.41) is 16.1. The van der Waals surface area contributed by atoms with Gasteiger partial charge in [-0.25, -0.2) is 13.4 Å². The fourth-order valence-corrected chi connectivity index (χ4v) is 3.52. The highest BCUT2D eigenvalue weighted by atomic mass is 32.2. The molecule has 0 fully saturated rings. The van der Waals surface area contributed by atoms with Gasteiger partial charge in [0.25, 0.3) is 0 Å². The van der Waals surface area contributed by atoms with Crippen molar-refractivity contribution in [2.24, 2.45) is 0 Å². The topological polar surface area (TPSA) is 112 Å². The first-order valence-corrected chi connectivity index (χ1v) is 8.26. The van der Waals surface area contributed by atoms with Crippen molar-refractivity contribution in [2.45, 2.75) is 15.9 Å². The van der Waals surface area contributed by atoms with Gasteiger partial charge in [0, 0.05) is 18.0 Å². The fourth-order valence-electron chi connectivity index (χ4n) is 2.09. The predicted octanol–water partition coefficient (Wildman–Crippen LogP) is 1.71. The third kappa shape index (κ3) is 3.08. The van der Waals surface area contributed by atoms with Crippen LogP contribution in [0.1, 0.15) is 17.5 Å². The third-order valence-electron chi connectivity index (χ3n) is 3.25. The highest BCUT2D eigenvalue weighted by Crippen LogP contribution is 2.25. The van der Waals surface area contributed by atoms with Crippen LogP contribution in [0.5, 0.6) is 0 Å². The van der Waals surface area contributed by atoms with Gasteiger partial charge in [-0.15, -0.1) is 0 Å². The molecule has 0 saturated heterocycles. The summed E-state index contributed by atoms with van der Waals surface area (Å²) in [5.74, 6) is 0.282. The summed E-state index contributed by atoms with van der Waals surface area (Å²) in [5.41, 5.74) is 0.451. The van der Waals surface area contributed by atoms with Gasteiger partial charge in [0.05, 0.1) is 9.79 Å². The molecule has 3 aromatic rings. The van der Waals surface area contributed by atoms with E-state index in [0.717, 1.165) is 0 Å². The average Bonchev–Trinajstić information content (AvgIpc) is 3.25. The zero-order chi connectivity index (χ0) is 16.3. The molecule has 3 N–H and O–H groups in total. The van der Waals surface area contributed by atoms with Crippen LogP contribution in [0.25, 0.3) is 6.08 Å². The van der Waals surface area contributed by atoms with E-state index in [1.54, 1.807) is 36.5 Å². The van der Waals surface area contributed by atoms with Gasteiger partial charge in [0.2, 0.25) is 9.84 Å². The molecule has 0 radical (unpaired) electrons. The number of nitrogens with one attached hydrogen (secondary N) is 2. The number of hydrogen-bond donors (Lipinski definition) is 3. The lowest BCUT2D eigenvalue weighted by atomic mass is 10.2. The quantitative estimate of drug-likeness (QED) is 0.659. The molecule has 0 aliphatic carbocycles. The molecule has 2 aromatic heterocycles. The Morgan fingerprint density at radius 1 is 1.17 bits per heavy atom. The van der Waals surface area contributed by atoms with Crippen molar-refractivity contribution in [3.63, 3.8) is 0 Å². The van der Waals surface area contributed by atoms with E-state index >= 15 is 0 Å². The number of hydrogen-bond acceptors (Lipinski definition) is 5. The minimum Gasteiger partial charge on any atom is -0.381 e. The maximum Gasteiger partial charge on any atom is 0.208 e. The van der Waals surface area contributed by atoms with E-state index in [9.17, 15) is 13.5 Å². The van der Waals surface area contributed by atoms with Crippen molar-refractivity contribution in [3.8, 4) is 0 Å². The average molecular weight is 330 g/mol. The summed E-state index contributed by atoms with van der Waals surface area (Å²) in [6.07, 6.45) is 6.23. The number of sulfone groups is 1. The molecular weight excluding hydrogens is 316 g/mol. The molecule has 0 amide bonds. The van der Waals surface area contributed by atoms with Gasteiger partial charge in [-0.2, -0.15) is 5.10 Å². The molecular formula is C15H14N4O3S. The summed E-state index contributed by atoms with van der Waals surface area (Å²) >= 11 is 0. The Balaban J connectivity index is 1.91. The second-order valence-electron chi connectivity index (χ2n) is 4.77. The second kappa shape index (κ2) is 6.19. The van der Waals surface area contributed by atoms with Crippen LogP contribution in [0.4, 0.5) is 0 Å². The molecule has 1 unspecified atom stereocenters. The van der Waals surface area contributed by atoms with Gasteiger partial charge in [-0.05, 0) is 18.2 Å². The van der Waals surface area contributed by atoms with E-state index in [0.29, 0.717) is 5.56 Å². The molecule has 118 valence electrons. The zero-order valence-corrected chi connectivity index (χ0v) is 12.7. The van der Waals surface area contributed by atoms with Gasteiger partial charge in [-0.1, -0.05) is 24.3 Å². The van der Waals surface area contributed by atoms with Crippen molar-refractivity contribution in [1.29, 1.82) is 0 Å². The van der Waals surface area contributed by atoms with Crippen molar-refractivity contribution in [1.82, 2.24) is 20.2 Å². The molecule has 0 bridgehead atoms. The third-order valence-corrected chi connectivity index (χ3v) is 5.08. The first kappa shape index (κ1) is 15.2. The lowest BCUT2D eigenvalue weighted by Gasteiger charge is -2.04. The molecule has 7 nitrogen and oxygen atoms in total. The number of aliphatic hydroxyl groups is 1. The van der Waals surface area contributed by atoms with E-state index in [2.05, 4.69) is 20.2 Å². The summed E-state index contributed by atoms with van der Waals surface area (Å²) in [6.45, 7) is 0. The highest BCUT2D eigenvalue weighted by molar-refractivity contribution is 7.91. The molecule has 0 aliphatic rings. The summed E-state index contributed by atoms with van der Waals surface area (Å²) < 4.78 is 25.3. The van der Waals surface area contributed by atoms with Crippen LogP contribution in [-0.2, 0) is 9.84 Å². The van der Waals surface area contributed by atoms with Crippen LogP contribution in [0.3, 0.4) is 0 Å². The molecule has 0 saturated carbocycles. The van der Waals surface area contributed by atoms with Crippen molar-refractivity contribution in [3.05, 3.63) is 66.5 Å². The van der Waals surface area contributed by atoms with Crippen molar-refractivity contribution in [2.75, 3.05) is 0 Å². The highest BCUT2D eigenvalue weighted by Gasteiger charge is 2.21. The Morgan fingerprint density at radius 2 is 1.96 bits per heavy atom. The van der Waals surface area contributed by atoms with Crippen LogP contribution in [-0.4, -0.2) is 33.7 Å². The first-order valence-electron chi connectivity index (χ1n) is 6.77. The molecule has 8 heteroatoms. The van der Waals surface area contributed by atoms with Crippen molar-refractivity contribution < 1.29 is 13.5 Å². The zero-order valence-electron chi connectivity index (χ0n) is 11.9. The molecule has 2 heterocycles. The number of rotatable bonds is 5. The smallest absolute Gasteiger partial charge is 0.208 e. The number of H-pyrrole nitrogens is 2. The normalized spacial score (nSPS) is 13.4. The number of benzene rings is 1. The summed E-state index contributed by atoms with van der Waals surface area (Å²) in [7, 11) is -3.63. The Hall–Kier alpha value is -2.71. The number of aromatic amines is 2. The largest absolute Gasteiger partial charge is 0.381 e. The van der Waals surface area contributed by atoms with Gasteiger partial charge in [0.1, 0.15) is 12.4 Å². The summed E-state index contributed by atoms with van der Waals surface area (Å²) in [4.78, 5) is 6.98. The molecule has 23 heavy (non-hydrogen) atoms. The van der Waals surface area contributed by atoms with Crippen LogP contribution in [0.2, 0.25) is 0 Å². The Morgan fingerprint density at radius 3 is 2.65 bits per heavy atom. The SMILES string of the molecule is O=S(=O)(c1ccccc1)c1c[nH]cc1C=CC(O)c1ncn[nH]1. The molecule has 1 atom stereocenters. The monoisotopic (exact) mass is 330 g/mol. The van der Waals surface area contributed by atoms with Gasteiger partial charge in [-0.3, -0.25) is 5.10 Å². The van der Waals surface area contributed by atoms with Gasteiger partial charge >= 0.3 is 0 Å². The minimum atomic E-state index is -3.63. The van der Waals surface area contributed by atoms with E-state index in [1.807, 2.05) is 0 Å². The van der Waals surface area contributed by atoms with E-state index in [1.165, 1.54) is 24.7 Å². The van der Waals surface area contributed by atoms with E-state index in [-0.39, 0.29) is 15.6 Å². The Kier molecular flexibility index (Phi) is 4.09. The number of nitrogens with zero attached hydrogens (tertiary/aromatic N) is 2. The Labute approximate surface area is 132 Å². The van der Waals surface area contributed by atoms with E-state index < -0.39 is 15.9 Å². The lowest BCUT2D eigenvalue weighted by Crippen LogP contribution is -2.02. The fraction of sp³-hybridized carbons (Fsp3) is 0.0667. The maximum absolute atomic E-state index is 12.6. The van der Waals surface area contributed by atoms with Gasteiger partial charge in [0.15, 0.2) is 5.82 Å². The Bertz CT molecular complexity index is 899. The number of aliphatic hydroxyl groups excluding tert-OH is 1. The maximum atomic E-state index is 12.6. The van der Waals surface area contributed by atoms with E-state index in [4.69, 9.17) is 0 Å². The molecule has 1 aromatic carbocycles. The minimum absolute atomic E-state index is 0.143. The number of aromatic nitrogens is 4. The van der Waals surface area contributed by atoms with Crippen LogP contribution in [0.15, 0.2) is 64.9 Å². The van der Waals surface area contributed by atoms with Crippen LogP contribution >= 0.6 is 0 Å².